The molecule has 2 aliphatic rings. The lowest BCUT2D eigenvalue weighted by molar-refractivity contribution is -0.151. The molecule has 0 bridgehead atoms. The molecule has 3 atom stereocenters. The monoisotopic (exact) mass is 240 g/mol. The molecule has 17 heavy (non-hydrogen) atoms. The van der Waals surface area contributed by atoms with Gasteiger partial charge in [0.05, 0.1) is 12.5 Å². The van der Waals surface area contributed by atoms with E-state index < -0.39 is 17.0 Å². The third kappa shape index (κ3) is 1.50. The van der Waals surface area contributed by atoms with Crippen LogP contribution < -0.4 is 10.6 Å². The highest BCUT2D eigenvalue weighted by Gasteiger charge is 2.61. The summed E-state index contributed by atoms with van der Waals surface area (Å²) in [7, 11) is 1.33. The van der Waals surface area contributed by atoms with Gasteiger partial charge in [0.2, 0.25) is 0 Å². The maximum atomic E-state index is 11.9. The highest BCUT2D eigenvalue weighted by Crippen LogP contribution is 2.49. The Kier molecular flexibility index (Phi) is 2.41. The van der Waals surface area contributed by atoms with Gasteiger partial charge in [-0.25, -0.2) is 4.79 Å². The Morgan fingerprint density at radius 1 is 1.47 bits per heavy atom. The molecule has 6 heteroatoms. The summed E-state index contributed by atoms with van der Waals surface area (Å²) in [4.78, 5) is 34.9. The number of carbonyl (C=O) groups is 3. The fourth-order valence-electron chi connectivity index (χ4n) is 3.09. The van der Waals surface area contributed by atoms with Crippen molar-refractivity contribution in [2.45, 2.75) is 32.2 Å². The SMILES string of the molecule is COC(=O)[C@@]1(C)C[C@H](C)[C@@]2(C1)NC(=O)NC2=O. The quantitative estimate of drug-likeness (QED) is 0.505. The molecular formula is C11H16N2O4. The average Bonchev–Trinajstić information content (AvgIpc) is 2.66. The van der Waals surface area contributed by atoms with Gasteiger partial charge in [0.1, 0.15) is 5.54 Å². The van der Waals surface area contributed by atoms with E-state index in [-0.39, 0.29) is 24.2 Å². The molecule has 1 saturated heterocycles. The number of amides is 3. The van der Waals surface area contributed by atoms with Crippen LogP contribution in [0.4, 0.5) is 4.79 Å². The van der Waals surface area contributed by atoms with E-state index >= 15 is 0 Å². The fraction of sp³-hybridized carbons (Fsp3) is 0.727. The van der Waals surface area contributed by atoms with Crippen molar-refractivity contribution in [3.63, 3.8) is 0 Å². The Morgan fingerprint density at radius 3 is 2.59 bits per heavy atom. The normalized spacial score (nSPS) is 40.3. The molecule has 0 aromatic heterocycles. The number of imide groups is 1. The first-order valence-electron chi connectivity index (χ1n) is 5.56. The highest BCUT2D eigenvalue weighted by atomic mass is 16.5. The van der Waals surface area contributed by atoms with Gasteiger partial charge in [0, 0.05) is 0 Å². The van der Waals surface area contributed by atoms with Crippen molar-refractivity contribution < 1.29 is 19.1 Å². The Morgan fingerprint density at radius 2 is 2.12 bits per heavy atom. The van der Waals surface area contributed by atoms with Crippen molar-refractivity contribution in [3.8, 4) is 0 Å². The first-order valence-corrected chi connectivity index (χ1v) is 5.56. The second kappa shape index (κ2) is 3.45. The van der Waals surface area contributed by atoms with Crippen LogP contribution in [0.5, 0.6) is 0 Å². The number of carbonyl (C=O) groups excluding carboxylic acids is 3. The van der Waals surface area contributed by atoms with E-state index in [1.165, 1.54) is 7.11 Å². The molecule has 6 nitrogen and oxygen atoms in total. The first kappa shape index (κ1) is 11.9. The number of methoxy groups -OCH3 is 1. The highest BCUT2D eigenvalue weighted by molar-refractivity contribution is 6.08. The number of nitrogens with one attached hydrogen (secondary N) is 2. The largest absolute Gasteiger partial charge is 0.469 e. The molecular weight excluding hydrogens is 224 g/mol. The van der Waals surface area contributed by atoms with E-state index in [0.29, 0.717) is 6.42 Å². The van der Waals surface area contributed by atoms with Crippen LogP contribution >= 0.6 is 0 Å². The second-order valence-corrected chi connectivity index (χ2v) is 5.21. The summed E-state index contributed by atoms with van der Waals surface area (Å²) in [6.45, 7) is 3.63. The predicted molar refractivity (Wildman–Crippen MR) is 57.9 cm³/mol. The van der Waals surface area contributed by atoms with E-state index in [4.69, 9.17) is 4.74 Å². The van der Waals surface area contributed by atoms with Crippen LogP contribution in [0.1, 0.15) is 26.7 Å². The van der Waals surface area contributed by atoms with Crippen molar-refractivity contribution >= 4 is 17.9 Å². The van der Waals surface area contributed by atoms with Gasteiger partial charge in [-0.1, -0.05) is 6.92 Å². The van der Waals surface area contributed by atoms with Crippen LogP contribution in [0.3, 0.4) is 0 Å². The van der Waals surface area contributed by atoms with E-state index in [9.17, 15) is 14.4 Å². The molecule has 2 rings (SSSR count). The summed E-state index contributed by atoms with van der Waals surface area (Å²) in [6.07, 6.45) is 0.804. The molecule has 0 unspecified atom stereocenters. The summed E-state index contributed by atoms with van der Waals surface area (Å²) in [5.74, 6) is -0.782. The van der Waals surface area contributed by atoms with Gasteiger partial charge in [-0.05, 0) is 25.7 Å². The topological polar surface area (TPSA) is 84.5 Å². The summed E-state index contributed by atoms with van der Waals surface area (Å²) >= 11 is 0. The Balaban J connectivity index is 2.32. The van der Waals surface area contributed by atoms with Crippen LogP contribution in [-0.4, -0.2) is 30.6 Å². The molecule has 2 fully saturated rings. The van der Waals surface area contributed by atoms with E-state index in [1.807, 2.05) is 6.92 Å². The van der Waals surface area contributed by atoms with Crippen molar-refractivity contribution in [3.05, 3.63) is 0 Å². The third-order valence-corrected chi connectivity index (χ3v) is 3.91. The Labute approximate surface area is 99.1 Å². The molecule has 1 saturated carbocycles. The van der Waals surface area contributed by atoms with Gasteiger partial charge in [-0.3, -0.25) is 14.9 Å². The Bertz CT molecular complexity index is 408. The minimum Gasteiger partial charge on any atom is -0.469 e. The van der Waals surface area contributed by atoms with Gasteiger partial charge in [-0.2, -0.15) is 0 Å². The van der Waals surface area contributed by atoms with Gasteiger partial charge in [0.15, 0.2) is 0 Å². The van der Waals surface area contributed by atoms with Crippen LogP contribution in [0.15, 0.2) is 0 Å². The smallest absolute Gasteiger partial charge is 0.322 e. The van der Waals surface area contributed by atoms with Crippen LogP contribution in [0, 0.1) is 11.3 Å². The lowest BCUT2D eigenvalue weighted by Crippen LogP contribution is -2.49. The summed E-state index contributed by atoms with van der Waals surface area (Å²) in [5.41, 5.74) is -1.68. The molecule has 3 amide bonds. The van der Waals surface area contributed by atoms with E-state index in [2.05, 4.69) is 10.6 Å². The molecule has 0 radical (unpaired) electrons. The maximum Gasteiger partial charge on any atom is 0.322 e. The van der Waals surface area contributed by atoms with Gasteiger partial charge in [0.25, 0.3) is 5.91 Å². The van der Waals surface area contributed by atoms with Crippen LogP contribution in [-0.2, 0) is 14.3 Å². The van der Waals surface area contributed by atoms with Gasteiger partial charge < -0.3 is 10.1 Å². The maximum absolute atomic E-state index is 11.9. The standard InChI is InChI=1S/C11H16N2O4/c1-6-4-10(2,8(15)17-3)5-11(6)7(14)12-9(16)13-11/h6H,4-5H2,1-3H3,(H2,12,13,14,16)/t6-,10-,11+/m0/s1. The minimum atomic E-state index is -0.958. The lowest BCUT2D eigenvalue weighted by atomic mass is 9.85. The van der Waals surface area contributed by atoms with Crippen molar-refractivity contribution in [1.82, 2.24) is 10.6 Å². The van der Waals surface area contributed by atoms with Crippen molar-refractivity contribution in [2.24, 2.45) is 11.3 Å². The zero-order chi connectivity index (χ0) is 12.8. The van der Waals surface area contributed by atoms with Crippen molar-refractivity contribution in [2.75, 3.05) is 7.11 Å². The number of hydrogen-bond acceptors (Lipinski definition) is 4. The second-order valence-electron chi connectivity index (χ2n) is 5.21. The molecule has 1 spiro atoms. The zero-order valence-electron chi connectivity index (χ0n) is 10.1. The fourth-order valence-corrected chi connectivity index (χ4v) is 3.09. The molecule has 2 N–H and O–H groups in total. The van der Waals surface area contributed by atoms with Gasteiger partial charge in [-0.15, -0.1) is 0 Å². The lowest BCUT2D eigenvalue weighted by Gasteiger charge is -2.26. The van der Waals surface area contributed by atoms with Crippen LogP contribution in [0.25, 0.3) is 0 Å². The van der Waals surface area contributed by atoms with E-state index in [0.717, 1.165) is 0 Å². The number of ether oxygens (including phenoxy) is 1. The molecule has 0 aromatic carbocycles. The third-order valence-electron chi connectivity index (χ3n) is 3.91. The Hall–Kier alpha value is -1.59. The molecule has 94 valence electrons. The summed E-state index contributed by atoms with van der Waals surface area (Å²) < 4.78 is 4.77. The summed E-state index contributed by atoms with van der Waals surface area (Å²) in [5, 5.41) is 4.89. The average molecular weight is 240 g/mol. The molecule has 1 heterocycles. The number of hydrogen-bond donors (Lipinski definition) is 2. The minimum absolute atomic E-state index is 0.0990. The molecule has 1 aliphatic heterocycles. The number of esters is 1. The predicted octanol–water partition coefficient (Wildman–Crippen LogP) is 0.174. The van der Waals surface area contributed by atoms with Crippen LogP contribution in [0.2, 0.25) is 0 Å². The van der Waals surface area contributed by atoms with E-state index in [1.54, 1.807) is 6.92 Å². The zero-order valence-corrected chi connectivity index (χ0v) is 10.1. The van der Waals surface area contributed by atoms with Crippen molar-refractivity contribution in [1.29, 1.82) is 0 Å². The molecule has 1 aliphatic carbocycles. The number of rotatable bonds is 1. The molecule has 0 aromatic rings. The first-order chi connectivity index (χ1) is 7.84. The number of urea groups is 1. The summed E-state index contributed by atoms with van der Waals surface area (Å²) in [6, 6.07) is -0.490. The van der Waals surface area contributed by atoms with Gasteiger partial charge >= 0.3 is 12.0 Å².